The number of fused-ring (bicyclic) bond motifs is 6. The number of esters is 1. The summed E-state index contributed by atoms with van der Waals surface area (Å²) < 4.78 is 63.6. The van der Waals surface area contributed by atoms with E-state index in [-0.39, 0.29) is 26.9 Å². The Hall–Kier alpha value is -2.99. The first-order valence-electron chi connectivity index (χ1n) is 8.77. The molecule has 2 heterocycles. The maximum absolute atomic E-state index is 14.7. The van der Waals surface area contributed by atoms with Crippen molar-refractivity contribution in [1.29, 1.82) is 0 Å². The van der Waals surface area contributed by atoms with Crippen LogP contribution in [-0.4, -0.2) is 29.3 Å². The van der Waals surface area contributed by atoms with Gasteiger partial charge in [-0.25, -0.2) is 22.0 Å². The molecule has 1 aliphatic heterocycles. The van der Waals surface area contributed by atoms with Gasteiger partial charge in [0.2, 0.25) is 0 Å². The molecule has 31 heavy (non-hydrogen) atoms. The molecule has 1 aromatic heterocycles. The molecular weight excluding hydrogens is 500 g/mol. The number of carbonyl (C=O) groups is 1. The first-order valence-corrected chi connectivity index (χ1v) is 11.0. The number of rotatable bonds is 0. The van der Waals surface area contributed by atoms with Crippen LogP contribution in [0.3, 0.4) is 0 Å². The summed E-state index contributed by atoms with van der Waals surface area (Å²) in [6, 6.07) is 3.59. The molecule has 162 valence electrons. The number of benzene rings is 2. The highest BCUT2D eigenvalue weighted by Crippen LogP contribution is 2.38. The third-order valence-electron chi connectivity index (χ3n) is 4.67. The average Bonchev–Trinajstić information content (AvgIpc) is 3.06. The zero-order valence-corrected chi connectivity index (χ0v) is 18.4. The van der Waals surface area contributed by atoms with Crippen molar-refractivity contribution in [2.45, 2.75) is 17.9 Å². The smallest absolute Gasteiger partial charge is 0.338 e. The van der Waals surface area contributed by atoms with Gasteiger partial charge in [-0.15, -0.1) is 0 Å². The Morgan fingerprint density at radius 2 is 1.90 bits per heavy atom. The number of sulfonamides is 1. The van der Waals surface area contributed by atoms with Gasteiger partial charge in [-0.05, 0) is 41.1 Å². The molecule has 0 saturated heterocycles. The number of nitrogens with zero attached hydrogens (tertiary/aromatic N) is 2. The molecule has 1 aliphatic rings. The van der Waals surface area contributed by atoms with Crippen molar-refractivity contribution >= 4 is 37.6 Å². The summed E-state index contributed by atoms with van der Waals surface area (Å²) in [6.07, 6.45) is 0.481. The molecule has 0 aliphatic carbocycles. The summed E-state index contributed by atoms with van der Waals surface area (Å²) in [6.45, 7) is 1.51. The standard InChI is InChI=1S/C19H14BrF2N3O5S/c1-8-17-11(7-25(2)23-17)10-5-15(14(22)6-13(10)21)24-31(28,29)16-4-9(19(27)30-8)3-12(20)18(16)26/h3-8,24,26H,1-2H3. The van der Waals surface area contributed by atoms with Crippen molar-refractivity contribution in [1.82, 2.24) is 9.78 Å². The van der Waals surface area contributed by atoms with Crippen molar-refractivity contribution in [3.63, 3.8) is 0 Å². The molecule has 8 nitrogen and oxygen atoms in total. The molecule has 0 saturated carbocycles. The minimum atomic E-state index is -4.58. The molecule has 4 rings (SSSR count). The lowest BCUT2D eigenvalue weighted by atomic mass is 10.0. The van der Waals surface area contributed by atoms with Crippen molar-refractivity contribution in [2.75, 3.05) is 4.72 Å². The minimum Gasteiger partial charge on any atom is -0.505 e. The number of phenolic OH excluding ortho intramolecular Hbond substituents is 1. The predicted molar refractivity (Wildman–Crippen MR) is 109 cm³/mol. The zero-order valence-electron chi connectivity index (χ0n) is 16.0. The fourth-order valence-electron chi connectivity index (χ4n) is 3.23. The highest BCUT2D eigenvalue weighted by atomic mass is 79.9. The maximum atomic E-state index is 14.7. The van der Waals surface area contributed by atoms with Crippen LogP contribution >= 0.6 is 15.9 Å². The molecule has 0 amide bonds. The van der Waals surface area contributed by atoms with Gasteiger partial charge >= 0.3 is 5.97 Å². The largest absolute Gasteiger partial charge is 0.505 e. The molecule has 12 heteroatoms. The second-order valence-electron chi connectivity index (χ2n) is 6.87. The van der Waals surface area contributed by atoms with Crippen LogP contribution in [0.2, 0.25) is 0 Å². The summed E-state index contributed by atoms with van der Waals surface area (Å²) in [7, 11) is -3.01. The number of anilines is 1. The lowest BCUT2D eigenvalue weighted by molar-refractivity contribution is 0.0329. The van der Waals surface area contributed by atoms with E-state index in [9.17, 15) is 27.1 Å². The van der Waals surface area contributed by atoms with Crippen molar-refractivity contribution in [2.24, 2.45) is 7.05 Å². The van der Waals surface area contributed by atoms with Crippen LogP contribution in [0.4, 0.5) is 14.5 Å². The molecule has 0 fully saturated rings. The van der Waals surface area contributed by atoms with Crippen LogP contribution in [0.25, 0.3) is 11.1 Å². The fourth-order valence-corrected chi connectivity index (χ4v) is 5.02. The molecule has 0 radical (unpaired) electrons. The first-order chi connectivity index (χ1) is 14.5. The molecule has 1 unspecified atom stereocenters. The number of hydrogen-bond acceptors (Lipinski definition) is 6. The topological polar surface area (TPSA) is 111 Å². The molecular formula is C19H14BrF2N3O5S. The molecule has 0 spiro atoms. The van der Waals surface area contributed by atoms with E-state index in [1.54, 1.807) is 7.05 Å². The molecule has 4 bridgehead atoms. The lowest BCUT2D eigenvalue weighted by Gasteiger charge is -2.14. The Labute approximate surface area is 183 Å². The molecule has 2 aromatic carbocycles. The number of phenols is 1. The number of hydrogen-bond donors (Lipinski definition) is 2. The zero-order chi connectivity index (χ0) is 22.7. The van der Waals surface area contributed by atoms with Crippen LogP contribution in [0.15, 0.2) is 39.8 Å². The van der Waals surface area contributed by atoms with Crippen LogP contribution in [0.5, 0.6) is 5.75 Å². The van der Waals surface area contributed by atoms with Gasteiger partial charge in [-0.1, -0.05) is 0 Å². The van der Waals surface area contributed by atoms with Gasteiger partial charge in [0.25, 0.3) is 10.0 Å². The molecule has 2 N–H and O–H groups in total. The number of halogens is 3. The second kappa shape index (κ2) is 7.31. The van der Waals surface area contributed by atoms with Gasteiger partial charge in [-0.2, -0.15) is 5.10 Å². The van der Waals surface area contributed by atoms with E-state index < -0.39 is 50.1 Å². The third kappa shape index (κ3) is 3.65. The number of nitrogens with one attached hydrogen (secondary N) is 1. The Kier molecular flexibility index (Phi) is 5.01. The van der Waals surface area contributed by atoms with E-state index in [0.29, 0.717) is 6.07 Å². The van der Waals surface area contributed by atoms with Crippen molar-refractivity contribution < 1.29 is 31.8 Å². The lowest BCUT2D eigenvalue weighted by Crippen LogP contribution is -2.16. The number of carbonyl (C=O) groups excluding carboxylic acids is 1. The highest BCUT2D eigenvalue weighted by Gasteiger charge is 2.29. The number of aryl methyl sites for hydroxylation is 1. The van der Waals surface area contributed by atoms with Crippen LogP contribution in [0.1, 0.15) is 29.1 Å². The average molecular weight is 514 g/mol. The first kappa shape index (κ1) is 21.2. The summed E-state index contributed by atoms with van der Waals surface area (Å²) >= 11 is 3.00. The summed E-state index contributed by atoms with van der Waals surface area (Å²) in [4.78, 5) is 12.0. The van der Waals surface area contributed by atoms with E-state index >= 15 is 0 Å². The van der Waals surface area contributed by atoms with Crippen molar-refractivity contribution in [3.8, 4) is 16.9 Å². The number of aromatic hydroxyl groups is 1. The quantitative estimate of drug-likeness (QED) is 0.441. The number of ether oxygens (including phenoxy) is 1. The predicted octanol–water partition coefficient (Wildman–Crippen LogP) is 3.87. The fraction of sp³-hybridized carbons (Fsp3) is 0.158. The SMILES string of the molecule is CC1OC(=O)c2cc(Br)c(O)c(c2)S(=O)(=O)Nc2cc(c(F)cc2F)-c2cn(C)nc21. The third-order valence-corrected chi connectivity index (χ3v) is 6.65. The maximum Gasteiger partial charge on any atom is 0.338 e. The van der Waals surface area contributed by atoms with E-state index in [4.69, 9.17) is 4.74 Å². The van der Waals surface area contributed by atoms with Gasteiger partial charge in [0.05, 0.1) is 15.7 Å². The van der Waals surface area contributed by atoms with Crippen LogP contribution in [-0.2, 0) is 21.8 Å². The van der Waals surface area contributed by atoms with Crippen LogP contribution < -0.4 is 4.72 Å². The minimum absolute atomic E-state index is 0.0938. The highest BCUT2D eigenvalue weighted by molar-refractivity contribution is 9.10. The van der Waals surface area contributed by atoms with Gasteiger partial charge in [0.15, 0.2) is 0 Å². The monoisotopic (exact) mass is 513 g/mol. The van der Waals surface area contributed by atoms with E-state index in [2.05, 4.69) is 21.0 Å². The Morgan fingerprint density at radius 1 is 1.19 bits per heavy atom. The van der Waals surface area contributed by atoms with E-state index in [1.807, 2.05) is 4.72 Å². The second-order valence-corrected chi connectivity index (χ2v) is 9.38. The van der Waals surface area contributed by atoms with E-state index in [0.717, 1.165) is 12.1 Å². The van der Waals surface area contributed by atoms with Gasteiger partial charge < -0.3 is 9.84 Å². The summed E-state index contributed by atoms with van der Waals surface area (Å²) in [5.74, 6) is -3.73. The summed E-state index contributed by atoms with van der Waals surface area (Å²) in [5, 5.41) is 14.5. The number of aromatic nitrogens is 2. The molecule has 1 atom stereocenters. The normalized spacial score (nSPS) is 17.5. The Balaban J connectivity index is 2.04. The molecule has 3 aromatic rings. The van der Waals surface area contributed by atoms with E-state index in [1.165, 1.54) is 23.9 Å². The Morgan fingerprint density at radius 3 is 2.61 bits per heavy atom. The summed E-state index contributed by atoms with van der Waals surface area (Å²) in [5.41, 5.74) is -0.511. The van der Waals surface area contributed by atoms with Gasteiger partial charge in [0.1, 0.15) is 34.1 Å². The number of cyclic esters (lactones) is 1. The van der Waals surface area contributed by atoms with Crippen LogP contribution in [0, 0.1) is 11.6 Å². The van der Waals surface area contributed by atoms with Crippen molar-refractivity contribution in [3.05, 3.63) is 57.8 Å². The van der Waals surface area contributed by atoms with Gasteiger partial charge in [-0.3, -0.25) is 9.40 Å². The Bertz CT molecular complexity index is 1360. The van der Waals surface area contributed by atoms with Gasteiger partial charge in [0, 0.05) is 30.4 Å².